The predicted molar refractivity (Wildman–Crippen MR) is 80.1 cm³/mol. The van der Waals surface area contributed by atoms with Crippen LogP contribution >= 0.6 is 0 Å². The number of benzene rings is 1. The van der Waals surface area contributed by atoms with E-state index < -0.39 is 53.7 Å². The molecule has 2 fully saturated rings. The highest BCUT2D eigenvalue weighted by atomic mass is 32.2. The van der Waals surface area contributed by atoms with Crippen LogP contribution in [-0.4, -0.2) is 44.7 Å². The van der Waals surface area contributed by atoms with Crippen LogP contribution in [0.2, 0.25) is 0 Å². The molecule has 1 aromatic rings. The second-order valence-corrected chi connectivity index (χ2v) is 10.4. The van der Waals surface area contributed by atoms with E-state index in [1.54, 1.807) is 0 Å². The van der Waals surface area contributed by atoms with Crippen LogP contribution in [0.4, 0.5) is 8.78 Å². The Kier molecular flexibility index (Phi) is 4.01. The van der Waals surface area contributed by atoms with Crippen LogP contribution in [0.25, 0.3) is 0 Å². The van der Waals surface area contributed by atoms with Crippen LogP contribution in [0.15, 0.2) is 23.1 Å². The van der Waals surface area contributed by atoms with Gasteiger partial charge in [0.2, 0.25) is 10.0 Å². The lowest BCUT2D eigenvalue weighted by Gasteiger charge is -2.37. The van der Waals surface area contributed by atoms with Crippen LogP contribution in [0, 0.1) is 11.6 Å². The lowest BCUT2D eigenvalue weighted by Crippen LogP contribution is -2.49. The molecule has 0 radical (unpaired) electrons. The molecule has 1 aromatic carbocycles. The Morgan fingerprint density at radius 1 is 1.04 bits per heavy atom. The Morgan fingerprint density at radius 2 is 1.61 bits per heavy atom. The molecule has 0 spiro atoms. The van der Waals surface area contributed by atoms with E-state index in [0.717, 1.165) is 18.4 Å². The van der Waals surface area contributed by atoms with Gasteiger partial charge in [-0.1, -0.05) is 0 Å². The zero-order chi connectivity index (χ0) is 17.0. The van der Waals surface area contributed by atoms with E-state index in [2.05, 4.69) is 0 Å². The molecule has 2 atom stereocenters. The Labute approximate surface area is 134 Å². The maximum absolute atomic E-state index is 13.9. The van der Waals surface area contributed by atoms with Crippen molar-refractivity contribution in [2.45, 2.75) is 47.9 Å². The molecule has 2 heterocycles. The molecule has 2 saturated heterocycles. The molecular weight excluding hydrogens is 348 g/mol. The maximum Gasteiger partial charge on any atom is 0.246 e. The largest absolute Gasteiger partial charge is 0.246 e. The van der Waals surface area contributed by atoms with Crippen LogP contribution in [0.3, 0.4) is 0 Å². The first kappa shape index (κ1) is 16.8. The van der Waals surface area contributed by atoms with E-state index >= 15 is 0 Å². The van der Waals surface area contributed by atoms with E-state index in [1.807, 2.05) is 0 Å². The zero-order valence-corrected chi connectivity index (χ0v) is 14.1. The van der Waals surface area contributed by atoms with Crippen molar-refractivity contribution in [1.29, 1.82) is 0 Å². The summed E-state index contributed by atoms with van der Waals surface area (Å²) in [6.07, 6.45) is 2.70. The van der Waals surface area contributed by atoms with Gasteiger partial charge in [0, 0.05) is 24.4 Å². The summed E-state index contributed by atoms with van der Waals surface area (Å²) in [7, 11) is -7.36. The number of halogens is 2. The van der Waals surface area contributed by atoms with Gasteiger partial charge >= 0.3 is 0 Å². The van der Waals surface area contributed by atoms with E-state index in [-0.39, 0.29) is 12.8 Å². The van der Waals surface area contributed by atoms with E-state index in [0.29, 0.717) is 18.9 Å². The Balaban J connectivity index is 1.96. The van der Waals surface area contributed by atoms with Gasteiger partial charge in [0.15, 0.2) is 0 Å². The zero-order valence-electron chi connectivity index (χ0n) is 12.4. The second-order valence-electron chi connectivity index (χ2n) is 6.22. The molecular formula is C14H17F2NO4S2. The Morgan fingerprint density at radius 3 is 2.09 bits per heavy atom. The highest BCUT2D eigenvalue weighted by molar-refractivity contribution is 7.91. The third-order valence-electron chi connectivity index (χ3n) is 4.68. The second kappa shape index (κ2) is 5.49. The van der Waals surface area contributed by atoms with Crippen LogP contribution in [-0.2, 0) is 19.9 Å². The van der Waals surface area contributed by atoms with Crippen LogP contribution in [0.5, 0.6) is 0 Å². The van der Waals surface area contributed by atoms with Gasteiger partial charge in [-0.3, -0.25) is 0 Å². The van der Waals surface area contributed by atoms with Gasteiger partial charge in [0.25, 0.3) is 0 Å². The van der Waals surface area contributed by atoms with Crippen molar-refractivity contribution < 1.29 is 25.6 Å². The van der Waals surface area contributed by atoms with Crippen molar-refractivity contribution in [3.05, 3.63) is 29.8 Å². The van der Waals surface area contributed by atoms with Crippen molar-refractivity contribution in [1.82, 2.24) is 4.31 Å². The fourth-order valence-corrected chi connectivity index (χ4v) is 6.71. The number of sulfonamides is 1. The summed E-state index contributed by atoms with van der Waals surface area (Å²) >= 11 is 0. The molecule has 128 valence electrons. The van der Waals surface area contributed by atoms with E-state index in [1.165, 1.54) is 4.31 Å². The fourth-order valence-electron chi connectivity index (χ4n) is 3.62. The van der Waals surface area contributed by atoms with Crippen LogP contribution in [0.1, 0.15) is 25.7 Å². The van der Waals surface area contributed by atoms with Gasteiger partial charge < -0.3 is 0 Å². The van der Waals surface area contributed by atoms with E-state index in [4.69, 9.17) is 0 Å². The number of hydrogen-bond donors (Lipinski definition) is 0. The van der Waals surface area contributed by atoms with Crippen LogP contribution < -0.4 is 0 Å². The summed E-state index contributed by atoms with van der Waals surface area (Å²) < 4.78 is 77.1. The molecule has 0 saturated carbocycles. The molecule has 0 aliphatic carbocycles. The normalized spacial score (nSPS) is 28.9. The molecule has 2 unspecified atom stereocenters. The van der Waals surface area contributed by atoms with Gasteiger partial charge in [0.05, 0.1) is 5.25 Å². The lowest BCUT2D eigenvalue weighted by molar-refractivity contribution is 0.248. The highest BCUT2D eigenvalue weighted by Gasteiger charge is 2.49. The number of nitrogens with zero attached hydrogens (tertiary/aromatic N) is 1. The fraction of sp³-hybridized carbons (Fsp3) is 0.571. The summed E-state index contributed by atoms with van der Waals surface area (Å²) in [6, 6.07) is 1.45. The first-order chi connectivity index (χ1) is 10.6. The van der Waals surface area contributed by atoms with Crippen molar-refractivity contribution in [3.8, 4) is 0 Å². The van der Waals surface area contributed by atoms with Gasteiger partial charge in [-0.05, 0) is 37.8 Å². The minimum atomic E-state index is -4.12. The molecule has 0 N–H and O–H groups in total. The van der Waals surface area contributed by atoms with Crippen molar-refractivity contribution in [3.63, 3.8) is 0 Å². The summed E-state index contributed by atoms with van der Waals surface area (Å²) in [6.45, 7) is 0. The first-order valence-electron chi connectivity index (χ1n) is 7.28. The molecule has 2 bridgehead atoms. The highest BCUT2D eigenvalue weighted by Crippen LogP contribution is 2.41. The molecule has 0 amide bonds. The number of rotatable bonds is 3. The average Bonchev–Trinajstić information content (AvgIpc) is 2.69. The standard InChI is InChI=1S/C14H17F2NO4S2/c1-22(18,19)12-7-10-3-4-11(8-12)17(10)23(20,21)14-5-2-9(15)6-13(14)16/h2,5-6,10-12H,3-4,7-8H2,1H3. The van der Waals surface area contributed by atoms with Crippen molar-refractivity contribution in [2.75, 3.05) is 6.26 Å². The summed E-state index contributed by atoms with van der Waals surface area (Å²) in [5.74, 6) is -1.98. The topological polar surface area (TPSA) is 71.5 Å². The minimum absolute atomic E-state index is 0.220. The molecule has 5 nitrogen and oxygen atoms in total. The molecule has 2 aliphatic rings. The quantitative estimate of drug-likeness (QED) is 0.817. The van der Waals surface area contributed by atoms with Gasteiger partial charge in [-0.15, -0.1) is 0 Å². The van der Waals surface area contributed by atoms with E-state index in [9.17, 15) is 25.6 Å². The van der Waals surface area contributed by atoms with Gasteiger partial charge in [0.1, 0.15) is 26.4 Å². The summed E-state index contributed by atoms with van der Waals surface area (Å²) in [4.78, 5) is -0.561. The maximum atomic E-state index is 13.9. The molecule has 2 aliphatic heterocycles. The molecule has 0 aromatic heterocycles. The first-order valence-corrected chi connectivity index (χ1v) is 10.7. The molecule has 9 heteroatoms. The summed E-state index contributed by atoms with van der Waals surface area (Å²) in [5.41, 5.74) is 0. The van der Waals surface area contributed by atoms with Crippen molar-refractivity contribution >= 4 is 19.9 Å². The van der Waals surface area contributed by atoms with Gasteiger partial charge in [-0.25, -0.2) is 25.6 Å². The van der Waals surface area contributed by atoms with Crippen molar-refractivity contribution in [2.24, 2.45) is 0 Å². The number of piperidine rings is 1. The average molecular weight is 365 g/mol. The number of hydrogen-bond acceptors (Lipinski definition) is 4. The molecule has 23 heavy (non-hydrogen) atoms. The smallest absolute Gasteiger partial charge is 0.229 e. The Bertz CT molecular complexity index is 824. The third-order valence-corrected chi connectivity index (χ3v) is 8.31. The third kappa shape index (κ3) is 2.89. The lowest BCUT2D eigenvalue weighted by atomic mass is 10.1. The Hall–Kier alpha value is -1.06. The number of sulfone groups is 1. The summed E-state index contributed by atoms with van der Waals surface area (Å²) in [5, 5.41) is -0.565. The minimum Gasteiger partial charge on any atom is -0.229 e. The molecule has 3 rings (SSSR count). The number of fused-ring (bicyclic) bond motifs is 2. The monoisotopic (exact) mass is 365 g/mol. The SMILES string of the molecule is CS(=O)(=O)C1CC2CCC(C1)N2S(=O)(=O)c1ccc(F)cc1F. The predicted octanol–water partition coefficient (Wildman–Crippen LogP) is 1.69. The van der Waals surface area contributed by atoms with Gasteiger partial charge in [-0.2, -0.15) is 4.31 Å².